The quantitative estimate of drug-likeness (QED) is 0.930. The van der Waals surface area contributed by atoms with Crippen LogP contribution < -0.4 is 0 Å². The zero-order valence-corrected chi connectivity index (χ0v) is 10.1. The Bertz CT molecular complexity index is 616. The van der Waals surface area contributed by atoms with Gasteiger partial charge in [0.1, 0.15) is 0 Å². The first-order chi connectivity index (χ1) is 8.80. The molecule has 0 fully saturated rings. The highest BCUT2D eigenvalue weighted by molar-refractivity contribution is 5.84. The smallest absolute Gasteiger partial charge is 0.396 e. The number of aromatic nitrogens is 1. The van der Waals surface area contributed by atoms with Crippen molar-refractivity contribution in [2.24, 2.45) is 7.05 Å². The molecule has 102 valence electrons. The van der Waals surface area contributed by atoms with E-state index in [2.05, 4.69) is 0 Å². The van der Waals surface area contributed by atoms with Crippen molar-refractivity contribution in [2.75, 3.05) is 0 Å². The summed E-state index contributed by atoms with van der Waals surface area (Å²) >= 11 is 0. The molecular formula is C13H12F3NO2. The number of carboxylic acids is 1. The van der Waals surface area contributed by atoms with Gasteiger partial charge in [0.05, 0.1) is 17.9 Å². The van der Waals surface area contributed by atoms with Crippen LogP contribution in [-0.2, 0) is 11.8 Å². The monoisotopic (exact) mass is 271 g/mol. The highest BCUT2D eigenvalue weighted by Crippen LogP contribution is 2.40. The Hall–Kier alpha value is -1.98. The first-order valence-electron chi connectivity index (χ1n) is 5.63. The fraction of sp³-hybridized carbons (Fsp3) is 0.308. The van der Waals surface area contributed by atoms with Gasteiger partial charge in [-0.1, -0.05) is 18.2 Å². The molecule has 0 bridgehead atoms. The number of hydrogen-bond acceptors (Lipinski definition) is 1. The summed E-state index contributed by atoms with van der Waals surface area (Å²) in [6.07, 6.45) is -3.90. The van der Waals surface area contributed by atoms with E-state index in [4.69, 9.17) is 5.11 Å². The molecule has 3 nitrogen and oxygen atoms in total. The first kappa shape index (κ1) is 13.5. The number of nitrogens with zero attached hydrogens (tertiary/aromatic N) is 1. The van der Waals surface area contributed by atoms with Crippen molar-refractivity contribution in [2.45, 2.75) is 18.5 Å². The van der Waals surface area contributed by atoms with Gasteiger partial charge in [-0.15, -0.1) is 0 Å². The van der Waals surface area contributed by atoms with Gasteiger partial charge >= 0.3 is 12.1 Å². The molecule has 2 rings (SSSR count). The number of fused-ring (bicyclic) bond motifs is 1. The van der Waals surface area contributed by atoms with Crippen molar-refractivity contribution in [3.8, 4) is 0 Å². The van der Waals surface area contributed by atoms with Crippen molar-refractivity contribution in [1.82, 2.24) is 4.57 Å². The van der Waals surface area contributed by atoms with Crippen LogP contribution in [0.3, 0.4) is 0 Å². The molecule has 0 radical (unpaired) electrons. The summed E-state index contributed by atoms with van der Waals surface area (Å²) in [4.78, 5) is 10.7. The van der Waals surface area contributed by atoms with Gasteiger partial charge in [0.15, 0.2) is 0 Å². The number of carbonyl (C=O) groups is 1. The normalized spacial score (nSPS) is 13.7. The van der Waals surface area contributed by atoms with Crippen LogP contribution in [0, 0.1) is 0 Å². The third kappa shape index (κ3) is 2.57. The lowest BCUT2D eigenvalue weighted by molar-refractivity contribution is -0.163. The van der Waals surface area contributed by atoms with E-state index in [1.54, 1.807) is 29.9 Å². The number of rotatable bonds is 3. The highest BCUT2D eigenvalue weighted by atomic mass is 19.4. The largest absolute Gasteiger partial charge is 0.481 e. The zero-order valence-electron chi connectivity index (χ0n) is 10.1. The van der Waals surface area contributed by atoms with Crippen molar-refractivity contribution in [1.29, 1.82) is 0 Å². The Labute approximate surface area is 107 Å². The lowest BCUT2D eigenvalue weighted by Crippen LogP contribution is -2.24. The molecule has 1 heterocycles. The second-order valence-electron chi connectivity index (χ2n) is 4.40. The van der Waals surface area contributed by atoms with Crippen LogP contribution in [0.25, 0.3) is 10.9 Å². The van der Waals surface area contributed by atoms with Crippen molar-refractivity contribution in [3.63, 3.8) is 0 Å². The summed E-state index contributed by atoms with van der Waals surface area (Å²) in [5, 5.41) is 9.36. The molecule has 0 aliphatic rings. The summed E-state index contributed by atoms with van der Waals surface area (Å²) in [6, 6.07) is 6.25. The highest BCUT2D eigenvalue weighted by Gasteiger charge is 2.43. The van der Waals surface area contributed by atoms with Crippen LogP contribution in [0.15, 0.2) is 30.5 Å². The molecule has 19 heavy (non-hydrogen) atoms. The van der Waals surface area contributed by atoms with Crippen molar-refractivity contribution < 1.29 is 23.1 Å². The zero-order chi connectivity index (χ0) is 14.2. The predicted octanol–water partition coefficient (Wildman–Crippen LogP) is 3.30. The maximum absolute atomic E-state index is 13.1. The Kier molecular flexibility index (Phi) is 3.26. The van der Waals surface area contributed by atoms with Crippen LogP contribution >= 0.6 is 0 Å². The van der Waals surface area contributed by atoms with Gasteiger partial charge in [-0.25, -0.2) is 0 Å². The molecule has 0 saturated carbocycles. The van der Waals surface area contributed by atoms with Gasteiger partial charge in [-0.05, 0) is 17.0 Å². The number of para-hydroxylation sites is 1. The number of carboxylic acid groups (broad SMARTS) is 1. The predicted molar refractivity (Wildman–Crippen MR) is 64.0 cm³/mol. The molecule has 1 aromatic heterocycles. The summed E-state index contributed by atoms with van der Waals surface area (Å²) < 4.78 is 40.8. The number of benzene rings is 1. The second-order valence-corrected chi connectivity index (χ2v) is 4.40. The van der Waals surface area contributed by atoms with Gasteiger partial charge in [0.25, 0.3) is 0 Å². The van der Waals surface area contributed by atoms with E-state index in [1.807, 2.05) is 0 Å². The maximum atomic E-state index is 13.1. The third-order valence-electron chi connectivity index (χ3n) is 3.08. The minimum atomic E-state index is -4.59. The molecule has 6 heteroatoms. The number of aryl methyl sites for hydroxylation is 1. The average molecular weight is 271 g/mol. The van der Waals surface area contributed by atoms with Gasteiger partial charge in [-0.3, -0.25) is 4.79 Å². The lowest BCUT2D eigenvalue weighted by atomic mass is 9.93. The van der Waals surface area contributed by atoms with Crippen molar-refractivity contribution >= 4 is 16.9 Å². The fourth-order valence-electron chi connectivity index (χ4n) is 2.25. The minimum Gasteiger partial charge on any atom is -0.481 e. The molecular weight excluding hydrogens is 259 g/mol. The summed E-state index contributed by atoms with van der Waals surface area (Å²) in [5.74, 6) is -3.46. The van der Waals surface area contributed by atoms with Crippen LogP contribution in [-0.4, -0.2) is 21.8 Å². The minimum absolute atomic E-state index is 0.0000926. The summed E-state index contributed by atoms with van der Waals surface area (Å²) in [5.41, 5.74) is 0.422. The van der Waals surface area contributed by atoms with Crippen LogP contribution in [0.2, 0.25) is 0 Å². The molecule has 1 aromatic carbocycles. The number of aliphatic carboxylic acids is 1. The second kappa shape index (κ2) is 4.60. The summed E-state index contributed by atoms with van der Waals surface area (Å²) in [7, 11) is 1.64. The van der Waals surface area contributed by atoms with Crippen molar-refractivity contribution in [3.05, 3.63) is 36.0 Å². The Morgan fingerprint density at radius 3 is 2.63 bits per heavy atom. The standard InChI is InChI=1S/C13H12F3NO2/c1-17-6-5-8-3-2-4-9(12(8)17)10(7-11(18)19)13(14,15)16/h2-6,10H,7H2,1H3,(H,18,19). The topological polar surface area (TPSA) is 42.2 Å². The van der Waals surface area contributed by atoms with E-state index in [1.165, 1.54) is 12.1 Å². The molecule has 1 unspecified atom stereocenters. The molecule has 0 spiro atoms. The van der Waals surface area contributed by atoms with E-state index in [0.717, 1.165) is 0 Å². The van der Waals surface area contributed by atoms with Gasteiger partial charge < -0.3 is 9.67 Å². The Morgan fingerprint density at radius 1 is 1.37 bits per heavy atom. The molecule has 0 saturated heterocycles. The third-order valence-corrected chi connectivity index (χ3v) is 3.08. The molecule has 0 aliphatic heterocycles. The molecule has 0 amide bonds. The Balaban J connectivity index is 2.62. The molecule has 2 aromatic rings. The maximum Gasteiger partial charge on any atom is 0.396 e. The van der Waals surface area contributed by atoms with Gasteiger partial charge in [-0.2, -0.15) is 13.2 Å². The van der Waals surface area contributed by atoms with Gasteiger partial charge in [0.2, 0.25) is 0 Å². The molecule has 1 atom stereocenters. The summed E-state index contributed by atoms with van der Waals surface area (Å²) in [6.45, 7) is 0. The number of hydrogen-bond donors (Lipinski definition) is 1. The average Bonchev–Trinajstić information content (AvgIpc) is 2.67. The van der Waals surface area contributed by atoms with Crippen LogP contribution in [0.5, 0.6) is 0 Å². The molecule has 1 N–H and O–H groups in total. The number of halogens is 3. The van der Waals surface area contributed by atoms with E-state index in [-0.39, 0.29) is 5.56 Å². The van der Waals surface area contributed by atoms with Crippen LogP contribution in [0.4, 0.5) is 13.2 Å². The first-order valence-corrected chi connectivity index (χ1v) is 5.63. The van der Waals surface area contributed by atoms with Gasteiger partial charge in [0, 0.05) is 13.2 Å². The SMILES string of the molecule is Cn1ccc2cccc(C(CC(=O)O)C(F)(F)F)c21. The lowest BCUT2D eigenvalue weighted by Gasteiger charge is -2.20. The number of alkyl halides is 3. The van der Waals surface area contributed by atoms with E-state index < -0.39 is 24.5 Å². The fourth-order valence-corrected chi connectivity index (χ4v) is 2.25. The van der Waals surface area contributed by atoms with E-state index in [0.29, 0.717) is 10.9 Å². The van der Waals surface area contributed by atoms with E-state index in [9.17, 15) is 18.0 Å². The van der Waals surface area contributed by atoms with E-state index >= 15 is 0 Å². The Morgan fingerprint density at radius 2 is 2.05 bits per heavy atom. The molecule has 0 aliphatic carbocycles. The van der Waals surface area contributed by atoms with Crippen LogP contribution in [0.1, 0.15) is 17.9 Å².